The summed E-state index contributed by atoms with van der Waals surface area (Å²) in [6.45, 7) is 0.613. The van der Waals surface area contributed by atoms with Crippen LogP contribution in [0.25, 0.3) is 17.1 Å². The Morgan fingerprint density at radius 2 is 1.66 bits per heavy atom. The van der Waals surface area contributed by atoms with Crippen LogP contribution in [-0.4, -0.2) is 41.5 Å². The molecule has 0 saturated carbocycles. The van der Waals surface area contributed by atoms with Gasteiger partial charge in [0.1, 0.15) is 5.84 Å². The van der Waals surface area contributed by atoms with Crippen LogP contribution in [0.1, 0.15) is 23.5 Å². The molecule has 0 radical (unpaired) electrons. The van der Waals surface area contributed by atoms with E-state index in [1.54, 1.807) is 16.8 Å². The monoisotopic (exact) mass is 486 g/mol. The zero-order chi connectivity index (χ0) is 24.3. The van der Waals surface area contributed by atoms with Gasteiger partial charge in [-0.15, -0.1) is 5.10 Å². The Balaban J connectivity index is 1.43. The lowest BCUT2D eigenvalue weighted by atomic mass is 10.2. The largest absolute Gasteiger partial charge is 0.319 e. The van der Waals surface area contributed by atoms with E-state index >= 15 is 0 Å². The average Bonchev–Trinajstić information content (AvgIpc) is 3.55. The van der Waals surface area contributed by atoms with E-state index in [1.807, 2.05) is 60.7 Å². The summed E-state index contributed by atoms with van der Waals surface area (Å²) >= 11 is 0. The minimum absolute atomic E-state index is 0.0256. The Bertz CT molecular complexity index is 1440. The minimum atomic E-state index is -3.81. The van der Waals surface area contributed by atoms with Crippen molar-refractivity contribution < 1.29 is 13.2 Å². The zero-order valence-electron chi connectivity index (χ0n) is 18.6. The molecule has 0 fully saturated rings. The highest BCUT2D eigenvalue weighted by molar-refractivity contribution is 7.90. The van der Waals surface area contributed by atoms with E-state index in [4.69, 9.17) is 0 Å². The van der Waals surface area contributed by atoms with Gasteiger partial charge in [-0.05, 0) is 36.8 Å². The summed E-state index contributed by atoms with van der Waals surface area (Å²) in [6.07, 6.45) is 1.41. The van der Waals surface area contributed by atoms with Gasteiger partial charge in [0.25, 0.3) is 15.9 Å². The summed E-state index contributed by atoms with van der Waals surface area (Å²) in [5.74, 6) is 0.363. The Morgan fingerprint density at radius 1 is 0.914 bits per heavy atom. The standard InChI is InChI=1S/C25H22N6O3S/c32-25(27-19-11-7-14-21(17-19)35(33,34)30-22-15-8-16-26-22)23-28-24(18-9-3-1-4-10-18)31(29-23)20-12-5-2-6-13-20/h1-7,9-14,17H,8,15-16H2,(H,26,30)(H,27,32). The molecule has 9 nitrogen and oxygen atoms in total. The van der Waals surface area contributed by atoms with Crippen molar-refractivity contribution in [2.45, 2.75) is 17.7 Å². The molecule has 2 heterocycles. The molecule has 2 N–H and O–H groups in total. The highest BCUT2D eigenvalue weighted by Gasteiger charge is 2.21. The van der Waals surface area contributed by atoms with Crippen LogP contribution in [0.2, 0.25) is 0 Å². The molecule has 0 bridgehead atoms. The third-order valence-electron chi connectivity index (χ3n) is 5.37. The maximum absolute atomic E-state index is 13.0. The first kappa shape index (κ1) is 22.5. The fourth-order valence-electron chi connectivity index (χ4n) is 3.70. The number of sulfonamides is 1. The van der Waals surface area contributed by atoms with E-state index in [0.29, 0.717) is 30.3 Å². The van der Waals surface area contributed by atoms with Crippen molar-refractivity contribution in [1.29, 1.82) is 0 Å². The predicted octanol–water partition coefficient (Wildman–Crippen LogP) is 3.66. The minimum Gasteiger partial charge on any atom is -0.319 e. The van der Waals surface area contributed by atoms with E-state index in [9.17, 15) is 13.2 Å². The molecule has 1 amide bonds. The first-order chi connectivity index (χ1) is 17.0. The van der Waals surface area contributed by atoms with E-state index in [-0.39, 0.29) is 10.7 Å². The third-order valence-corrected chi connectivity index (χ3v) is 6.75. The number of nitrogens with zero attached hydrogens (tertiary/aromatic N) is 4. The average molecular weight is 487 g/mol. The molecule has 0 unspecified atom stereocenters. The second-order valence-electron chi connectivity index (χ2n) is 7.89. The van der Waals surface area contributed by atoms with Crippen molar-refractivity contribution in [3.63, 3.8) is 0 Å². The molecule has 0 spiro atoms. The molecule has 3 aromatic carbocycles. The molecule has 176 valence electrons. The van der Waals surface area contributed by atoms with Crippen molar-refractivity contribution >= 4 is 27.5 Å². The van der Waals surface area contributed by atoms with Crippen LogP contribution in [0, 0.1) is 0 Å². The van der Waals surface area contributed by atoms with Gasteiger partial charge in [0, 0.05) is 24.2 Å². The lowest BCUT2D eigenvalue weighted by molar-refractivity contribution is 0.101. The number of nitrogens with one attached hydrogen (secondary N) is 2. The summed E-state index contributed by atoms with van der Waals surface area (Å²) in [6, 6.07) is 24.9. The number of anilines is 1. The Kier molecular flexibility index (Phi) is 6.11. The van der Waals surface area contributed by atoms with E-state index in [1.165, 1.54) is 12.1 Å². The van der Waals surface area contributed by atoms with Crippen LogP contribution in [-0.2, 0) is 10.0 Å². The molecule has 0 saturated heterocycles. The molecule has 1 aromatic heterocycles. The SMILES string of the molecule is O=C(Nc1cccc(S(=O)(=O)NC2=NCCC2)c1)c1nc(-c2ccccc2)n(-c2ccccc2)n1. The van der Waals surface area contributed by atoms with Crippen molar-refractivity contribution in [2.24, 2.45) is 4.99 Å². The van der Waals surface area contributed by atoms with Crippen LogP contribution in [0.5, 0.6) is 0 Å². The molecule has 1 aliphatic rings. The number of carbonyl (C=O) groups is 1. The summed E-state index contributed by atoms with van der Waals surface area (Å²) in [4.78, 5) is 21.7. The normalized spacial score (nSPS) is 13.3. The van der Waals surface area contributed by atoms with Crippen molar-refractivity contribution in [3.05, 3.63) is 90.8 Å². The van der Waals surface area contributed by atoms with Gasteiger partial charge in [-0.3, -0.25) is 14.5 Å². The van der Waals surface area contributed by atoms with Crippen LogP contribution in [0.3, 0.4) is 0 Å². The summed E-state index contributed by atoms with van der Waals surface area (Å²) < 4.78 is 29.6. The van der Waals surface area contributed by atoms with Gasteiger partial charge in [0.2, 0.25) is 5.82 Å². The summed E-state index contributed by atoms with van der Waals surface area (Å²) in [5.41, 5.74) is 1.87. The van der Waals surface area contributed by atoms with Crippen LogP contribution < -0.4 is 10.0 Å². The predicted molar refractivity (Wildman–Crippen MR) is 133 cm³/mol. The van der Waals surface area contributed by atoms with Crippen LogP contribution in [0.4, 0.5) is 5.69 Å². The van der Waals surface area contributed by atoms with E-state index < -0.39 is 15.9 Å². The van der Waals surface area contributed by atoms with Crippen LogP contribution in [0.15, 0.2) is 94.8 Å². The number of hydrogen-bond donors (Lipinski definition) is 2. The molecule has 1 aliphatic heterocycles. The molecular weight excluding hydrogens is 464 g/mol. The van der Waals surface area contributed by atoms with E-state index in [0.717, 1.165) is 17.7 Å². The topological polar surface area (TPSA) is 118 Å². The maximum atomic E-state index is 13.0. The summed E-state index contributed by atoms with van der Waals surface area (Å²) in [7, 11) is -3.81. The second-order valence-corrected chi connectivity index (χ2v) is 9.57. The fraction of sp³-hybridized carbons (Fsp3) is 0.120. The highest BCUT2D eigenvalue weighted by Crippen LogP contribution is 2.22. The highest BCUT2D eigenvalue weighted by atomic mass is 32.2. The summed E-state index contributed by atoms with van der Waals surface area (Å²) in [5, 5.41) is 7.15. The first-order valence-corrected chi connectivity index (χ1v) is 12.5. The lowest BCUT2D eigenvalue weighted by Gasteiger charge is -2.09. The molecule has 4 aromatic rings. The third kappa shape index (κ3) is 4.97. The van der Waals surface area contributed by atoms with Gasteiger partial charge in [0.15, 0.2) is 5.82 Å². The Morgan fingerprint density at radius 3 is 2.37 bits per heavy atom. The van der Waals surface area contributed by atoms with Crippen LogP contribution >= 0.6 is 0 Å². The zero-order valence-corrected chi connectivity index (χ0v) is 19.4. The number of carbonyl (C=O) groups excluding carboxylic acids is 1. The molecule has 5 rings (SSSR count). The first-order valence-electron chi connectivity index (χ1n) is 11.0. The maximum Gasteiger partial charge on any atom is 0.295 e. The molecule has 0 aliphatic carbocycles. The van der Waals surface area contributed by atoms with Crippen molar-refractivity contribution in [1.82, 2.24) is 19.5 Å². The number of para-hydroxylation sites is 1. The molecular formula is C25H22N6O3S. The van der Waals surface area contributed by atoms with Crippen molar-refractivity contribution in [3.8, 4) is 17.1 Å². The van der Waals surface area contributed by atoms with Gasteiger partial charge in [-0.25, -0.2) is 18.1 Å². The number of amides is 1. The van der Waals surface area contributed by atoms with Gasteiger partial charge in [-0.1, -0.05) is 54.6 Å². The molecule has 0 atom stereocenters. The van der Waals surface area contributed by atoms with Gasteiger partial charge >= 0.3 is 0 Å². The number of aliphatic imine (C=N–C) groups is 1. The Labute approximate surface area is 202 Å². The van der Waals surface area contributed by atoms with Crippen molar-refractivity contribution in [2.75, 3.05) is 11.9 Å². The lowest BCUT2D eigenvalue weighted by Crippen LogP contribution is -2.29. The number of hydrogen-bond acceptors (Lipinski definition) is 6. The number of amidine groups is 1. The van der Waals surface area contributed by atoms with Gasteiger partial charge in [-0.2, -0.15) is 0 Å². The number of aromatic nitrogens is 3. The number of rotatable bonds is 6. The second kappa shape index (κ2) is 9.51. The Hall–Kier alpha value is -4.31. The van der Waals surface area contributed by atoms with Gasteiger partial charge in [0.05, 0.1) is 10.6 Å². The quantitative estimate of drug-likeness (QED) is 0.431. The smallest absolute Gasteiger partial charge is 0.295 e. The number of benzene rings is 3. The molecule has 35 heavy (non-hydrogen) atoms. The molecule has 10 heteroatoms. The van der Waals surface area contributed by atoms with Gasteiger partial charge < -0.3 is 5.32 Å². The van der Waals surface area contributed by atoms with E-state index in [2.05, 4.69) is 25.1 Å². The fourth-order valence-corrected chi connectivity index (χ4v) is 4.83.